The Labute approximate surface area is 211 Å². The molecule has 2 N–H and O–H groups in total. The third-order valence-corrected chi connectivity index (χ3v) is 7.11. The van der Waals surface area contributed by atoms with Crippen LogP contribution >= 0.6 is 23.2 Å². The molecule has 0 fully saturated rings. The summed E-state index contributed by atoms with van der Waals surface area (Å²) in [4.78, 5) is 12.6. The van der Waals surface area contributed by atoms with Crippen molar-refractivity contribution in [2.24, 2.45) is 0 Å². The number of nitrogens with zero attached hydrogens (tertiary/aromatic N) is 1. The normalized spacial score (nSPS) is 12.7. The zero-order chi connectivity index (χ0) is 25.2. The van der Waals surface area contributed by atoms with Crippen LogP contribution in [0.3, 0.4) is 0 Å². The fraction of sp³-hybridized carbons (Fsp3) is 0.0833. The van der Waals surface area contributed by atoms with Crippen molar-refractivity contribution in [3.63, 3.8) is 0 Å². The highest BCUT2D eigenvalue weighted by molar-refractivity contribution is 7.92. The first-order chi connectivity index (χ1) is 16.7. The van der Waals surface area contributed by atoms with Gasteiger partial charge >= 0.3 is 0 Å². The third-order valence-electron chi connectivity index (χ3n) is 4.99. The summed E-state index contributed by atoms with van der Waals surface area (Å²) in [6.07, 6.45) is 1.37. The molecule has 0 atom stereocenters. The van der Waals surface area contributed by atoms with Gasteiger partial charge in [-0.15, -0.1) is 0 Å². The molecule has 35 heavy (non-hydrogen) atoms. The van der Waals surface area contributed by atoms with E-state index in [0.29, 0.717) is 22.1 Å². The number of nitrogens with one attached hydrogen (secondary N) is 2. The molecule has 4 rings (SSSR count). The van der Waals surface area contributed by atoms with E-state index in [1.807, 2.05) is 6.07 Å². The van der Waals surface area contributed by atoms with E-state index in [0.717, 1.165) is 5.56 Å². The summed E-state index contributed by atoms with van der Waals surface area (Å²) >= 11 is 12.3. The second-order valence-electron chi connectivity index (χ2n) is 7.45. The number of rotatable bonds is 6. The number of nitriles is 1. The van der Waals surface area contributed by atoms with Gasteiger partial charge in [-0.05, 0) is 66.6 Å². The monoisotopic (exact) mass is 529 g/mol. The Morgan fingerprint density at radius 2 is 1.80 bits per heavy atom. The van der Waals surface area contributed by atoms with Crippen LogP contribution in [0.2, 0.25) is 10.0 Å². The lowest BCUT2D eigenvalue weighted by Crippen LogP contribution is -2.16. The molecule has 178 valence electrons. The molecule has 1 aliphatic rings. The van der Waals surface area contributed by atoms with Gasteiger partial charge < -0.3 is 14.8 Å². The highest BCUT2D eigenvalue weighted by Crippen LogP contribution is 2.33. The number of benzene rings is 3. The van der Waals surface area contributed by atoms with E-state index >= 15 is 0 Å². The lowest BCUT2D eigenvalue weighted by molar-refractivity contribution is -0.112. The zero-order valence-corrected chi connectivity index (χ0v) is 20.5. The van der Waals surface area contributed by atoms with E-state index < -0.39 is 15.9 Å². The maximum Gasteiger partial charge on any atom is 0.266 e. The fourth-order valence-corrected chi connectivity index (χ4v) is 4.57. The van der Waals surface area contributed by atoms with Crippen LogP contribution in [0.15, 0.2) is 65.1 Å². The van der Waals surface area contributed by atoms with Crippen LogP contribution in [0.4, 0.5) is 11.4 Å². The Hall–Kier alpha value is -3.71. The molecule has 0 spiro atoms. The quantitative estimate of drug-likeness (QED) is 0.327. The topological polar surface area (TPSA) is 118 Å². The summed E-state index contributed by atoms with van der Waals surface area (Å²) < 4.78 is 38.7. The van der Waals surface area contributed by atoms with Crippen molar-refractivity contribution >= 4 is 56.6 Å². The van der Waals surface area contributed by atoms with Crippen molar-refractivity contribution in [2.45, 2.75) is 11.8 Å². The van der Waals surface area contributed by atoms with E-state index in [4.69, 9.17) is 32.7 Å². The summed E-state index contributed by atoms with van der Waals surface area (Å²) in [6.45, 7) is 1.89. The third kappa shape index (κ3) is 5.52. The molecule has 1 amide bonds. The Morgan fingerprint density at radius 3 is 2.54 bits per heavy atom. The number of halogens is 2. The molecule has 3 aromatic rings. The number of anilines is 2. The van der Waals surface area contributed by atoms with Gasteiger partial charge in [0.1, 0.15) is 11.6 Å². The van der Waals surface area contributed by atoms with Crippen LogP contribution in [-0.2, 0) is 14.8 Å². The lowest BCUT2D eigenvalue weighted by atomic mass is 10.1. The van der Waals surface area contributed by atoms with Crippen LogP contribution in [0.25, 0.3) is 6.08 Å². The molecule has 0 saturated carbocycles. The first-order valence-electron chi connectivity index (χ1n) is 10.1. The van der Waals surface area contributed by atoms with E-state index in [9.17, 15) is 18.5 Å². The first kappa shape index (κ1) is 24.4. The number of hydrogen-bond donors (Lipinski definition) is 2. The highest BCUT2D eigenvalue weighted by atomic mass is 35.5. The summed E-state index contributed by atoms with van der Waals surface area (Å²) in [5.74, 6) is 0.302. The van der Waals surface area contributed by atoms with Crippen molar-refractivity contribution in [2.75, 3.05) is 16.8 Å². The largest absolute Gasteiger partial charge is 0.454 e. The zero-order valence-electron chi connectivity index (χ0n) is 18.1. The van der Waals surface area contributed by atoms with Crippen LogP contribution < -0.4 is 19.5 Å². The predicted molar refractivity (Wildman–Crippen MR) is 133 cm³/mol. The maximum absolute atomic E-state index is 12.9. The number of amides is 1. The number of hydrogen-bond acceptors (Lipinski definition) is 6. The Balaban J connectivity index is 1.56. The number of aryl methyl sites for hydroxylation is 1. The number of ether oxygens (including phenoxy) is 2. The van der Waals surface area contributed by atoms with Crippen molar-refractivity contribution in [1.29, 1.82) is 5.26 Å². The van der Waals surface area contributed by atoms with Gasteiger partial charge in [-0.3, -0.25) is 9.52 Å². The standard InChI is InChI=1S/C24H17Cl2N3O5S/c1-14-2-4-17(10-20(14)26)29-35(31,32)18-5-6-19(25)21(11-18)28-24(30)16(12-27)8-15-3-7-22-23(9-15)34-13-33-22/h2-11,29H,13H2,1H3,(H,28,30)/b16-8-. The molecule has 1 aliphatic heterocycles. The molecule has 8 nitrogen and oxygen atoms in total. The van der Waals surface area contributed by atoms with E-state index in [-0.39, 0.29) is 33.7 Å². The molecule has 0 bridgehead atoms. The van der Waals surface area contributed by atoms with Crippen LogP contribution in [0.5, 0.6) is 11.5 Å². The lowest BCUT2D eigenvalue weighted by Gasteiger charge is -2.12. The number of carbonyl (C=O) groups is 1. The van der Waals surface area contributed by atoms with E-state index in [1.54, 1.807) is 37.3 Å². The fourth-order valence-electron chi connectivity index (χ4n) is 3.15. The second kappa shape index (κ2) is 9.88. The minimum atomic E-state index is -4.02. The molecule has 3 aromatic carbocycles. The van der Waals surface area contributed by atoms with E-state index in [2.05, 4.69) is 10.0 Å². The number of sulfonamides is 1. The average Bonchev–Trinajstić information content (AvgIpc) is 3.29. The smallest absolute Gasteiger partial charge is 0.266 e. The molecular weight excluding hydrogens is 513 g/mol. The first-order valence-corrected chi connectivity index (χ1v) is 12.3. The summed E-state index contributed by atoms with van der Waals surface area (Å²) in [5, 5.41) is 12.5. The summed E-state index contributed by atoms with van der Waals surface area (Å²) in [6, 6.07) is 15.4. The molecule has 11 heteroatoms. The van der Waals surface area contributed by atoms with E-state index in [1.165, 1.54) is 30.3 Å². The Morgan fingerprint density at radius 1 is 1.03 bits per heavy atom. The highest BCUT2D eigenvalue weighted by Gasteiger charge is 2.19. The average molecular weight is 530 g/mol. The van der Waals surface area contributed by atoms with Gasteiger partial charge in [0.2, 0.25) is 6.79 Å². The molecule has 0 unspecified atom stereocenters. The molecule has 0 saturated heterocycles. The Kier molecular flexibility index (Phi) is 6.89. The number of fused-ring (bicyclic) bond motifs is 1. The Bertz CT molecular complexity index is 1510. The van der Waals surface area contributed by atoms with Crippen molar-refractivity contribution in [1.82, 2.24) is 0 Å². The second-order valence-corrected chi connectivity index (χ2v) is 9.94. The molecular formula is C24H17Cl2N3O5S. The van der Waals surface area contributed by atoms with Crippen LogP contribution in [0, 0.1) is 18.3 Å². The van der Waals surface area contributed by atoms with Gasteiger partial charge in [-0.1, -0.05) is 35.3 Å². The molecule has 0 radical (unpaired) electrons. The van der Waals surface area contributed by atoms with Crippen molar-refractivity contribution < 1.29 is 22.7 Å². The van der Waals surface area contributed by atoms with Crippen molar-refractivity contribution in [3.05, 3.63) is 81.3 Å². The maximum atomic E-state index is 12.9. The molecule has 1 heterocycles. The van der Waals surface area contributed by atoms with Crippen LogP contribution in [0.1, 0.15) is 11.1 Å². The SMILES string of the molecule is Cc1ccc(NS(=O)(=O)c2ccc(Cl)c(NC(=O)/C(C#N)=C\c3ccc4c(c3)OCO4)c2)cc1Cl. The van der Waals surface area contributed by atoms with Crippen LogP contribution in [-0.4, -0.2) is 21.1 Å². The molecule has 0 aromatic heterocycles. The van der Waals surface area contributed by atoms with Gasteiger partial charge in [-0.2, -0.15) is 5.26 Å². The van der Waals surface area contributed by atoms with Gasteiger partial charge in [0.05, 0.1) is 21.3 Å². The number of carbonyl (C=O) groups excluding carboxylic acids is 1. The summed E-state index contributed by atoms with van der Waals surface area (Å²) in [7, 11) is -4.02. The minimum absolute atomic E-state index is 0.0216. The van der Waals surface area contributed by atoms with Crippen molar-refractivity contribution in [3.8, 4) is 17.6 Å². The van der Waals surface area contributed by atoms with Gasteiger partial charge in [0.25, 0.3) is 15.9 Å². The minimum Gasteiger partial charge on any atom is -0.454 e. The summed E-state index contributed by atoms with van der Waals surface area (Å²) in [5.41, 5.74) is 1.42. The predicted octanol–water partition coefficient (Wildman–Crippen LogP) is 5.38. The molecule has 0 aliphatic carbocycles. The van der Waals surface area contributed by atoms with Gasteiger partial charge in [0.15, 0.2) is 11.5 Å². The van der Waals surface area contributed by atoms with Gasteiger partial charge in [-0.25, -0.2) is 8.42 Å². The van der Waals surface area contributed by atoms with Gasteiger partial charge in [0, 0.05) is 5.02 Å².